The lowest BCUT2D eigenvalue weighted by molar-refractivity contribution is 0.877. The van der Waals surface area contributed by atoms with Crippen LogP contribution in [-0.2, 0) is 0 Å². The van der Waals surface area contributed by atoms with Crippen LogP contribution in [0.3, 0.4) is 0 Å². The third-order valence-corrected chi connectivity index (χ3v) is 3.71. The Labute approximate surface area is 110 Å². The highest BCUT2D eigenvalue weighted by atomic mass is 35.5. The fraction of sp³-hybridized carbons (Fsp3) is 0.600. The highest BCUT2D eigenvalue weighted by Gasteiger charge is 2.06. The Bertz CT molecular complexity index is 336. The SMILES string of the molecule is CCSCC(C)Nc1cc(Cl)nc(SC)n1. The summed E-state index contributed by atoms with van der Waals surface area (Å²) in [4.78, 5) is 8.44. The van der Waals surface area contributed by atoms with Gasteiger partial charge >= 0.3 is 0 Å². The predicted molar refractivity (Wildman–Crippen MR) is 74.9 cm³/mol. The Morgan fingerprint density at radius 3 is 2.88 bits per heavy atom. The lowest BCUT2D eigenvalue weighted by atomic mass is 10.4. The van der Waals surface area contributed by atoms with Crippen molar-refractivity contribution in [1.29, 1.82) is 0 Å². The third kappa shape index (κ3) is 4.80. The van der Waals surface area contributed by atoms with E-state index in [1.165, 1.54) is 11.8 Å². The Morgan fingerprint density at radius 1 is 1.50 bits per heavy atom. The minimum atomic E-state index is 0.380. The largest absolute Gasteiger partial charge is 0.367 e. The van der Waals surface area contributed by atoms with Gasteiger partial charge in [-0.3, -0.25) is 0 Å². The number of aromatic nitrogens is 2. The molecule has 6 heteroatoms. The second-order valence-corrected chi connectivity index (χ2v) is 5.75. The van der Waals surface area contributed by atoms with Crippen molar-refractivity contribution in [3.8, 4) is 0 Å². The van der Waals surface area contributed by atoms with E-state index in [4.69, 9.17) is 11.6 Å². The van der Waals surface area contributed by atoms with Crippen molar-refractivity contribution in [3.63, 3.8) is 0 Å². The second kappa shape index (κ2) is 7.25. The number of halogens is 1. The van der Waals surface area contributed by atoms with E-state index < -0.39 is 0 Å². The summed E-state index contributed by atoms with van der Waals surface area (Å²) in [5.74, 6) is 2.99. The molecule has 1 rings (SSSR count). The van der Waals surface area contributed by atoms with Gasteiger partial charge in [0.1, 0.15) is 11.0 Å². The zero-order valence-electron chi connectivity index (χ0n) is 9.66. The molecule has 0 amide bonds. The summed E-state index contributed by atoms with van der Waals surface area (Å²) in [5.41, 5.74) is 0. The van der Waals surface area contributed by atoms with Crippen molar-refractivity contribution >= 4 is 40.9 Å². The first kappa shape index (κ1) is 13.9. The van der Waals surface area contributed by atoms with Crippen LogP contribution in [0, 0.1) is 0 Å². The zero-order valence-corrected chi connectivity index (χ0v) is 12.0. The van der Waals surface area contributed by atoms with Gasteiger partial charge in [0.05, 0.1) is 0 Å². The van der Waals surface area contributed by atoms with E-state index in [2.05, 4.69) is 29.1 Å². The van der Waals surface area contributed by atoms with E-state index in [0.29, 0.717) is 16.4 Å². The molecule has 0 saturated carbocycles. The van der Waals surface area contributed by atoms with E-state index >= 15 is 0 Å². The van der Waals surface area contributed by atoms with E-state index in [0.717, 1.165) is 17.3 Å². The molecule has 0 aromatic carbocycles. The molecule has 0 saturated heterocycles. The first-order valence-electron chi connectivity index (χ1n) is 5.08. The number of nitrogens with zero attached hydrogens (tertiary/aromatic N) is 2. The molecule has 0 spiro atoms. The van der Waals surface area contributed by atoms with Crippen molar-refractivity contribution in [3.05, 3.63) is 11.2 Å². The first-order chi connectivity index (χ1) is 7.65. The van der Waals surface area contributed by atoms with Crippen molar-refractivity contribution < 1.29 is 0 Å². The maximum absolute atomic E-state index is 5.91. The Kier molecular flexibility index (Phi) is 6.31. The van der Waals surface area contributed by atoms with E-state index in [1.807, 2.05) is 18.0 Å². The number of anilines is 1. The van der Waals surface area contributed by atoms with Crippen LogP contribution in [-0.4, -0.2) is 33.8 Å². The van der Waals surface area contributed by atoms with Crippen LogP contribution in [0.2, 0.25) is 5.15 Å². The topological polar surface area (TPSA) is 37.8 Å². The quantitative estimate of drug-likeness (QED) is 0.490. The third-order valence-electron chi connectivity index (χ3n) is 1.82. The van der Waals surface area contributed by atoms with Crippen molar-refractivity contribution in [2.24, 2.45) is 0 Å². The lowest BCUT2D eigenvalue weighted by Crippen LogP contribution is -2.19. The van der Waals surface area contributed by atoms with Gasteiger partial charge in [-0.2, -0.15) is 11.8 Å². The molecule has 1 aromatic rings. The summed E-state index contributed by atoms with van der Waals surface area (Å²) >= 11 is 9.30. The predicted octanol–water partition coefficient (Wildman–Crippen LogP) is 3.41. The summed E-state index contributed by atoms with van der Waals surface area (Å²) in [7, 11) is 0. The molecule has 1 aromatic heterocycles. The molecule has 3 nitrogen and oxygen atoms in total. The maximum Gasteiger partial charge on any atom is 0.190 e. The molecule has 0 aliphatic carbocycles. The summed E-state index contributed by atoms with van der Waals surface area (Å²) in [5, 5.41) is 4.51. The van der Waals surface area contributed by atoms with Crippen LogP contribution in [0.25, 0.3) is 0 Å². The molecule has 1 unspecified atom stereocenters. The second-order valence-electron chi connectivity index (χ2n) is 3.27. The minimum Gasteiger partial charge on any atom is -0.367 e. The lowest BCUT2D eigenvalue weighted by Gasteiger charge is -2.14. The van der Waals surface area contributed by atoms with Gasteiger partial charge in [0.15, 0.2) is 5.16 Å². The number of nitrogens with one attached hydrogen (secondary N) is 1. The smallest absolute Gasteiger partial charge is 0.190 e. The summed E-state index contributed by atoms with van der Waals surface area (Å²) < 4.78 is 0. The zero-order chi connectivity index (χ0) is 12.0. The standard InChI is InChI=1S/C10H16ClN3S2/c1-4-16-6-7(2)12-9-5-8(11)13-10(14-9)15-3/h5,7H,4,6H2,1-3H3,(H,12,13,14). The van der Waals surface area contributed by atoms with Crippen LogP contribution in [0.4, 0.5) is 5.82 Å². The van der Waals surface area contributed by atoms with E-state index in [9.17, 15) is 0 Å². The van der Waals surface area contributed by atoms with Crippen LogP contribution in [0.1, 0.15) is 13.8 Å². The number of hydrogen-bond donors (Lipinski definition) is 1. The van der Waals surface area contributed by atoms with Crippen LogP contribution < -0.4 is 5.32 Å². The van der Waals surface area contributed by atoms with Crippen molar-refractivity contribution in [1.82, 2.24) is 9.97 Å². The molecule has 0 fully saturated rings. The van der Waals surface area contributed by atoms with Crippen molar-refractivity contribution in [2.75, 3.05) is 23.1 Å². The Morgan fingerprint density at radius 2 is 2.25 bits per heavy atom. The molecule has 1 atom stereocenters. The highest BCUT2D eigenvalue weighted by molar-refractivity contribution is 7.99. The van der Waals surface area contributed by atoms with Gasteiger partial charge in [-0.25, -0.2) is 9.97 Å². The van der Waals surface area contributed by atoms with Gasteiger partial charge in [0.25, 0.3) is 0 Å². The fourth-order valence-corrected chi connectivity index (χ4v) is 2.44. The average molecular weight is 278 g/mol. The number of rotatable bonds is 6. The molecule has 90 valence electrons. The molecule has 0 aliphatic rings. The molecule has 0 bridgehead atoms. The number of thioether (sulfide) groups is 2. The van der Waals surface area contributed by atoms with Gasteiger partial charge in [-0.1, -0.05) is 30.3 Å². The molecule has 0 radical (unpaired) electrons. The molecule has 1 heterocycles. The Balaban J connectivity index is 2.61. The summed E-state index contributed by atoms with van der Waals surface area (Å²) in [6.07, 6.45) is 1.94. The fourth-order valence-electron chi connectivity index (χ4n) is 1.15. The van der Waals surface area contributed by atoms with Gasteiger partial charge in [0.2, 0.25) is 0 Å². The van der Waals surface area contributed by atoms with Gasteiger partial charge < -0.3 is 5.32 Å². The molecular formula is C10H16ClN3S2. The average Bonchev–Trinajstić information content (AvgIpc) is 2.25. The van der Waals surface area contributed by atoms with Gasteiger partial charge in [-0.15, -0.1) is 0 Å². The first-order valence-corrected chi connectivity index (χ1v) is 7.84. The minimum absolute atomic E-state index is 0.380. The van der Waals surface area contributed by atoms with Gasteiger partial charge in [-0.05, 0) is 18.9 Å². The molecule has 0 aliphatic heterocycles. The Hall–Kier alpha value is -0.130. The van der Waals surface area contributed by atoms with Crippen molar-refractivity contribution in [2.45, 2.75) is 25.0 Å². The monoisotopic (exact) mass is 277 g/mol. The normalized spacial score (nSPS) is 12.5. The van der Waals surface area contributed by atoms with Crippen LogP contribution in [0.5, 0.6) is 0 Å². The summed E-state index contributed by atoms with van der Waals surface area (Å²) in [6, 6.07) is 2.14. The molecular weight excluding hydrogens is 262 g/mol. The summed E-state index contributed by atoms with van der Waals surface area (Å²) in [6.45, 7) is 4.29. The van der Waals surface area contributed by atoms with Crippen LogP contribution >= 0.6 is 35.1 Å². The van der Waals surface area contributed by atoms with Gasteiger partial charge in [0, 0.05) is 17.9 Å². The van der Waals surface area contributed by atoms with E-state index in [1.54, 1.807) is 6.07 Å². The highest BCUT2D eigenvalue weighted by Crippen LogP contribution is 2.18. The van der Waals surface area contributed by atoms with Crippen LogP contribution in [0.15, 0.2) is 11.2 Å². The number of hydrogen-bond acceptors (Lipinski definition) is 5. The molecule has 16 heavy (non-hydrogen) atoms. The van der Waals surface area contributed by atoms with E-state index in [-0.39, 0.29) is 0 Å². The maximum atomic E-state index is 5.91. The molecule has 1 N–H and O–H groups in total.